The van der Waals surface area contributed by atoms with E-state index in [2.05, 4.69) is 0 Å². The molecular weight excluding hydrogens is 380 g/mol. The minimum Gasteiger partial charge on any atom is -0.496 e. The highest BCUT2D eigenvalue weighted by Crippen LogP contribution is 2.68. The van der Waals surface area contributed by atoms with Gasteiger partial charge < -0.3 is 24.4 Å². The minimum atomic E-state index is -1.69. The van der Waals surface area contributed by atoms with Gasteiger partial charge in [0.25, 0.3) is 0 Å². The summed E-state index contributed by atoms with van der Waals surface area (Å²) in [5.74, 6) is 1.17. The minimum absolute atomic E-state index is 0.274. The van der Waals surface area contributed by atoms with Crippen molar-refractivity contribution in [2.45, 2.75) is 29.6 Å². The largest absolute Gasteiger partial charge is 0.496 e. The van der Waals surface area contributed by atoms with E-state index in [1.54, 1.807) is 19.2 Å². The molecule has 3 aromatic carbocycles. The lowest BCUT2D eigenvalue weighted by Gasteiger charge is -2.40. The zero-order valence-electron chi connectivity index (χ0n) is 16.9. The average Bonchev–Trinajstić information content (AvgIpc) is 3.20. The van der Waals surface area contributed by atoms with E-state index >= 15 is 0 Å². The van der Waals surface area contributed by atoms with Crippen molar-refractivity contribution in [2.24, 2.45) is 0 Å². The lowest BCUT2D eigenvalue weighted by molar-refractivity contribution is -0.149. The molecule has 3 aromatic rings. The third-order valence-electron chi connectivity index (χ3n) is 6.55. The van der Waals surface area contributed by atoms with Crippen LogP contribution in [0.2, 0.25) is 0 Å². The van der Waals surface area contributed by atoms with Crippen LogP contribution >= 0.6 is 0 Å². The Morgan fingerprint density at radius 2 is 1.60 bits per heavy atom. The molecule has 2 N–H and O–H groups in total. The molecular formula is C25H24O5. The van der Waals surface area contributed by atoms with Gasteiger partial charge in [-0.25, -0.2) is 0 Å². The van der Waals surface area contributed by atoms with E-state index in [4.69, 9.17) is 14.2 Å². The first-order valence-electron chi connectivity index (χ1n) is 10.0. The van der Waals surface area contributed by atoms with Crippen molar-refractivity contribution in [1.82, 2.24) is 0 Å². The molecule has 5 rings (SSSR count). The molecule has 1 aliphatic carbocycles. The highest BCUT2D eigenvalue weighted by molar-refractivity contribution is 5.62. The predicted molar refractivity (Wildman–Crippen MR) is 112 cm³/mol. The Morgan fingerprint density at radius 3 is 2.23 bits per heavy atom. The van der Waals surface area contributed by atoms with E-state index in [-0.39, 0.29) is 5.92 Å². The van der Waals surface area contributed by atoms with Crippen LogP contribution in [0.1, 0.15) is 29.0 Å². The molecule has 0 bridgehead atoms. The number of benzene rings is 3. The van der Waals surface area contributed by atoms with Crippen LogP contribution in [0.15, 0.2) is 72.8 Å². The lowest BCUT2D eigenvalue weighted by atomic mass is 9.71. The predicted octanol–water partition coefficient (Wildman–Crippen LogP) is 3.73. The first-order chi connectivity index (χ1) is 14.6. The average molecular weight is 404 g/mol. The maximum atomic E-state index is 12.3. The summed E-state index contributed by atoms with van der Waals surface area (Å²) in [5.41, 5.74) is -0.649. The molecule has 5 nitrogen and oxygen atoms in total. The van der Waals surface area contributed by atoms with Crippen LogP contribution in [0.5, 0.6) is 17.2 Å². The van der Waals surface area contributed by atoms with Gasteiger partial charge in [-0.1, -0.05) is 60.7 Å². The van der Waals surface area contributed by atoms with Crippen LogP contribution in [0.25, 0.3) is 0 Å². The summed E-state index contributed by atoms with van der Waals surface area (Å²) in [6, 6.07) is 23.0. The zero-order valence-corrected chi connectivity index (χ0v) is 16.9. The van der Waals surface area contributed by atoms with E-state index in [0.29, 0.717) is 29.2 Å². The van der Waals surface area contributed by atoms with Gasteiger partial charge in [-0.15, -0.1) is 0 Å². The molecule has 0 aromatic heterocycles. The van der Waals surface area contributed by atoms with Crippen molar-refractivity contribution in [2.75, 3.05) is 14.2 Å². The maximum absolute atomic E-state index is 12.3. The Balaban J connectivity index is 1.82. The van der Waals surface area contributed by atoms with Crippen molar-refractivity contribution in [1.29, 1.82) is 0 Å². The SMILES string of the molecule is COc1cc(OC)c2c(c1)O[C@@]1(c3ccccc3)[C@H](c3ccccc3)C[C@@H](O)[C@@]21O. The van der Waals surface area contributed by atoms with Crippen molar-refractivity contribution in [3.63, 3.8) is 0 Å². The van der Waals surface area contributed by atoms with Gasteiger partial charge >= 0.3 is 0 Å². The van der Waals surface area contributed by atoms with Crippen molar-refractivity contribution >= 4 is 0 Å². The summed E-state index contributed by atoms with van der Waals surface area (Å²) in [5, 5.41) is 23.6. The van der Waals surface area contributed by atoms with E-state index in [1.807, 2.05) is 60.7 Å². The number of hydrogen-bond donors (Lipinski definition) is 2. The molecule has 1 fully saturated rings. The van der Waals surface area contributed by atoms with E-state index in [0.717, 1.165) is 11.1 Å². The van der Waals surface area contributed by atoms with E-state index in [1.165, 1.54) is 7.11 Å². The van der Waals surface area contributed by atoms with Crippen molar-refractivity contribution < 1.29 is 24.4 Å². The second-order valence-corrected chi connectivity index (χ2v) is 7.89. The van der Waals surface area contributed by atoms with Crippen LogP contribution in [0, 0.1) is 0 Å². The molecule has 154 valence electrons. The molecule has 0 spiro atoms. The zero-order chi connectivity index (χ0) is 20.9. The number of aliphatic hydroxyl groups is 2. The fourth-order valence-corrected chi connectivity index (χ4v) is 5.27. The van der Waals surface area contributed by atoms with Crippen LogP contribution in [-0.4, -0.2) is 30.5 Å². The molecule has 0 amide bonds. The molecule has 1 aliphatic heterocycles. The third kappa shape index (κ3) is 2.30. The molecule has 2 aliphatic rings. The normalized spacial score (nSPS) is 29.1. The second kappa shape index (κ2) is 6.76. The quantitative estimate of drug-likeness (QED) is 0.694. The summed E-state index contributed by atoms with van der Waals surface area (Å²) in [4.78, 5) is 0. The maximum Gasteiger partial charge on any atom is 0.176 e. The van der Waals surface area contributed by atoms with Gasteiger partial charge in [-0.3, -0.25) is 0 Å². The summed E-state index contributed by atoms with van der Waals surface area (Å²) in [7, 11) is 3.11. The fourth-order valence-electron chi connectivity index (χ4n) is 5.27. The van der Waals surface area contributed by atoms with Gasteiger partial charge in [0.05, 0.1) is 25.9 Å². The lowest BCUT2D eigenvalue weighted by Crippen LogP contribution is -2.52. The van der Waals surface area contributed by atoms with Crippen LogP contribution in [-0.2, 0) is 11.2 Å². The monoisotopic (exact) mass is 404 g/mol. The first kappa shape index (κ1) is 19.0. The summed E-state index contributed by atoms with van der Waals surface area (Å²) in [6.07, 6.45) is -0.698. The Kier molecular flexibility index (Phi) is 4.27. The van der Waals surface area contributed by atoms with Gasteiger partial charge in [0, 0.05) is 18.1 Å². The second-order valence-electron chi connectivity index (χ2n) is 7.89. The van der Waals surface area contributed by atoms with Crippen LogP contribution in [0.4, 0.5) is 0 Å². The van der Waals surface area contributed by atoms with Gasteiger partial charge in [-0.05, 0) is 17.5 Å². The number of methoxy groups -OCH3 is 2. The summed E-state index contributed by atoms with van der Waals surface area (Å²) < 4.78 is 17.7. The Hall–Kier alpha value is -3.02. The van der Waals surface area contributed by atoms with Crippen molar-refractivity contribution in [3.8, 4) is 17.2 Å². The van der Waals surface area contributed by atoms with Crippen molar-refractivity contribution in [3.05, 3.63) is 89.5 Å². The molecule has 1 heterocycles. The molecule has 30 heavy (non-hydrogen) atoms. The molecule has 4 atom stereocenters. The van der Waals surface area contributed by atoms with E-state index < -0.39 is 17.3 Å². The topological polar surface area (TPSA) is 68.2 Å². The summed E-state index contributed by atoms with van der Waals surface area (Å²) >= 11 is 0. The molecule has 1 saturated carbocycles. The van der Waals surface area contributed by atoms with Gasteiger partial charge in [0.15, 0.2) is 11.2 Å². The molecule has 0 radical (unpaired) electrons. The number of fused-ring (bicyclic) bond motifs is 3. The molecule has 0 unspecified atom stereocenters. The molecule has 5 heteroatoms. The van der Waals surface area contributed by atoms with E-state index in [9.17, 15) is 10.2 Å². The highest BCUT2D eigenvalue weighted by atomic mass is 16.5. The van der Waals surface area contributed by atoms with Gasteiger partial charge in [0.2, 0.25) is 0 Å². The highest BCUT2D eigenvalue weighted by Gasteiger charge is 2.73. The number of aliphatic hydroxyl groups excluding tert-OH is 1. The Morgan fingerprint density at radius 1 is 0.933 bits per heavy atom. The number of rotatable bonds is 4. The Labute approximate surface area is 175 Å². The third-order valence-corrected chi connectivity index (χ3v) is 6.55. The first-order valence-corrected chi connectivity index (χ1v) is 10.0. The van der Waals surface area contributed by atoms with Crippen LogP contribution < -0.4 is 14.2 Å². The van der Waals surface area contributed by atoms with Gasteiger partial charge in [-0.2, -0.15) is 0 Å². The van der Waals surface area contributed by atoms with Crippen LogP contribution in [0.3, 0.4) is 0 Å². The standard InChI is InChI=1S/C25H24O5/c1-28-18-13-20(29-2)23-21(14-18)30-25(17-11-7-4-8-12-17)19(15-22(26)24(23,25)27)16-9-5-3-6-10-16/h3-14,19,22,26-27H,15H2,1-2H3/t19-,22+,24+,25-/m0/s1. The fraction of sp³-hybridized carbons (Fsp3) is 0.280. The Bertz CT molecular complexity index is 1070. The van der Waals surface area contributed by atoms with Gasteiger partial charge in [0.1, 0.15) is 17.2 Å². The number of ether oxygens (including phenoxy) is 3. The number of hydrogen-bond acceptors (Lipinski definition) is 5. The summed E-state index contributed by atoms with van der Waals surface area (Å²) in [6.45, 7) is 0. The smallest absolute Gasteiger partial charge is 0.176 e. The molecule has 0 saturated heterocycles.